The van der Waals surface area contributed by atoms with Crippen molar-refractivity contribution in [1.29, 1.82) is 0 Å². The monoisotopic (exact) mass is 303 g/mol. The molecule has 0 aromatic heterocycles. The van der Waals surface area contributed by atoms with Gasteiger partial charge in [-0.2, -0.15) is 0 Å². The summed E-state index contributed by atoms with van der Waals surface area (Å²) < 4.78 is 0. The summed E-state index contributed by atoms with van der Waals surface area (Å²) >= 11 is 1.43. The molecule has 0 atom stereocenters. The third-order valence-electron chi connectivity index (χ3n) is 2.83. The third kappa shape index (κ3) is 3.35. The molecule has 0 spiro atoms. The van der Waals surface area contributed by atoms with E-state index in [1.807, 2.05) is 18.4 Å². The number of phenols is 1. The number of aromatic carboxylic acids is 1. The van der Waals surface area contributed by atoms with Gasteiger partial charge in [0.15, 0.2) is 0 Å². The summed E-state index contributed by atoms with van der Waals surface area (Å²) in [5, 5.41) is 21.0. The van der Waals surface area contributed by atoms with E-state index in [1.165, 1.54) is 23.9 Å². The molecule has 2 aromatic rings. The van der Waals surface area contributed by atoms with Crippen LogP contribution < -0.4 is 5.32 Å². The fourth-order valence-corrected chi connectivity index (χ4v) is 2.44. The Balaban J connectivity index is 2.34. The molecule has 6 heteroatoms. The number of hydrogen-bond acceptors (Lipinski definition) is 4. The summed E-state index contributed by atoms with van der Waals surface area (Å²) in [7, 11) is 0. The highest BCUT2D eigenvalue weighted by Crippen LogP contribution is 2.24. The molecular formula is C15H13NO4S. The lowest BCUT2D eigenvalue weighted by Crippen LogP contribution is -2.15. The Bertz CT molecular complexity index is 700. The lowest BCUT2D eigenvalue weighted by Gasteiger charge is -2.11. The first-order chi connectivity index (χ1) is 10.0. The van der Waals surface area contributed by atoms with Gasteiger partial charge in [-0.3, -0.25) is 4.79 Å². The summed E-state index contributed by atoms with van der Waals surface area (Å²) in [6.07, 6.45) is 1.86. The summed E-state index contributed by atoms with van der Waals surface area (Å²) in [6.45, 7) is 0. The number of thioether (sulfide) groups is 1. The fourth-order valence-electron chi connectivity index (χ4n) is 1.84. The topological polar surface area (TPSA) is 86.6 Å². The van der Waals surface area contributed by atoms with Crippen LogP contribution in [0.2, 0.25) is 0 Å². The number of carboxylic acids is 1. The van der Waals surface area contributed by atoms with Crippen LogP contribution in [0.4, 0.5) is 5.69 Å². The van der Waals surface area contributed by atoms with E-state index in [0.29, 0.717) is 5.56 Å². The van der Waals surface area contributed by atoms with Crippen LogP contribution in [0.3, 0.4) is 0 Å². The van der Waals surface area contributed by atoms with Gasteiger partial charge in [-0.25, -0.2) is 4.79 Å². The van der Waals surface area contributed by atoms with E-state index in [-0.39, 0.29) is 17.0 Å². The Morgan fingerprint density at radius 1 is 1.10 bits per heavy atom. The van der Waals surface area contributed by atoms with E-state index in [4.69, 9.17) is 5.11 Å². The van der Waals surface area contributed by atoms with Gasteiger partial charge >= 0.3 is 5.97 Å². The molecule has 0 aliphatic carbocycles. The molecular weight excluding hydrogens is 290 g/mol. The summed E-state index contributed by atoms with van der Waals surface area (Å²) in [6, 6.07) is 10.8. The molecule has 2 rings (SSSR count). The molecule has 21 heavy (non-hydrogen) atoms. The number of aromatic hydroxyl groups is 1. The van der Waals surface area contributed by atoms with Gasteiger partial charge < -0.3 is 15.5 Å². The minimum absolute atomic E-state index is 0.140. The molecule has 0 fully saturated rings. The number of nitrogens with one attached hydrogen (secondary N) is 1. The quantitative estimate of drug-likeness (QED) is 0.597. The van der Waals surface area contributed by atoms with Crippen LogP contribution in [-0.4, -0.2) is 28.3 Å². The number of amides is 1. The van der Waals surface area contributed by atoms with Gasteiger partial charge in [0, 0.05) is 4.90 Å². The van der Waals surface area contributed by atoms with Gasteiger partial charge in [0.1, 0.15) is 5.75 Å². The van der Waals surface area contributed by atoms with Gasteiger partial charge in [-0.05, 0) is 36.6 Å². The smallest absolute Gasteiger partial charge is 0.337 e. The summed E-state index contributed by atoms with van der Waals surface area (Å²) in [4.78, 5) is 24.2. The van der Waals surface area contributed by atoms with Crippen molar-refractivity contribution in [1.82, 2.24) is 0 Å². The maximum atomic E-state index is 12.3. The van der Waals surface area contributed by atoms with E-state index in [9.17, 15) is 14.7 Å². The van der Waals surface area contributed by atoms with Crippen LogP contribution in [0.15, 0.2) is 47.4 Å². The molecule has 0 saturated carbocycles. The molecule has 0 aliphatic rings. The Morgan fingerprint density at radius 3 is 2.48 bits per heavy atom. The van der Waals surface area contributed by atoms with Crippen molar-refractivity contribution >= 4 is 29.3 Å². The number of hydrogen-bond donors (Lipinski definition) is 3. The second-order valence-electron chi connectivity index (χ2n) is 4.19. The second-order valence-corrected chi connectivity index (χ2v) is 5.04. The average Bonchev–Trinajstić information content (AvgIpc) is 2.48. The molecule has 0 unspecified atom stereocenters. The Labute approximate surface area is 125 Å². The first-order valence-corrected chi connectivity index (χ1v) is 7.26. The van der Waals surface area contributed by atoms with E-state index in [1.54, 1.807) is 12.1 Å². The summed E-state index contributed by atoms with van der Waals surface area (Å²) in [5.74, 6) is -1.79. The van der Waals surface area contributed by atoms with E-state index in [0.717, 1.165) is 11.0 Å². The third-order valence-corrected chi connectivity index (χ3v) is 3.63. The number of carbonyl (C=O) groups excluding carboxylic acids is 1. The van der Waals surface area contributed by atoms with Crippen molar-refractivity contribution in [2.75, 3.05) is 11.6 Å². The first kappa shape index (κ1) is 14.9. The van der Waals surface area contributed by atoms with Crippen molar-refractivity contribution in [3.05, 3.63) is 53.6 Å². The lowest BCUT2D eigenvalue weighted by molar-refractivity contribution is 0.0697. The highest BCUT2D eigenvalue weighted by Gasteiger charge is 2.16. The van der Waals surface area contributed by atoms with E-state index >= 15 is 0 Å². The molecule has 108 valence electrons. The zero-order valence-electron chi connectivity index (χ0n) is 11.2. The second kappa shape index (κ2) is 6.32. The van der Waals surface area contributed by atoms with Gasteiger partial charge in [-0.1, -0.05) is 12.1 Å². The lowest BCUT2D eigenvalue weighted by atomic mass is 10.1. The van der Waals surface area contributed by atoms with Crippen LogP contribution in [0, 0.1) is 0 Å². The normalized spacial score (nSPS) is 10.1. The van der Waals surface area contributed by atoms with Gasteiger partial charge in [0.05, 0.1) is 16.8 Å². The highest BCUT2D eigenvalue weighted by molar-refractivity contribution is 7.98. The average molecular weight is 303 g/mol. The van der Waals surface area contributed by atoms with Crippen LogP contribution in [0.25, 0.3) is 0 Å². The Hall–Kier alpha value is -2.47. The number of benzene rings is 2. The zero-order valence-corrected chi connectivity index (χ0v) is 12.0. The van der Waals surface area contributed by atoms with Crippen molar-refractivity contribution in [3.63, 3.8) is 0 Å². The molecule has 0 saturated heterocycles. The first-order valence-electron chi connectivity index (χ1n) is 6.03. The van der Waals surface area contributed by atoms with Gasteiger partial charge in [0.25, 0.3) is 5.91 Å². The van der Waals surface area contributed by atoms with Gasteiger partial charge in [0.2, 0.25) is 0 Å². The Kier molecular flexibility index (Phi) is 4.49. The van der Waals surface area contributed by atoms with Crippen LogP contribution in [0.1, 0.15) is 20.7 Å². The van der Waals surface area contributed by atoms with Crippen molar-refractivity contribution in [2.45, 2.75) is 4.90 Å². The molecule has 1 amide bonds. The molecule has 2 aromatic carbocycles. The molecule has 3 N–H and O–H groups in total. The van der Waals surface area contributed by atoms with Crippen LogP contribution in [0.5, 0.6) is 5.75 Å². The maximum absolute atomic E-state index is 12.3. The molecule has 0 aliphatic heterocycles. The zero-order chi connectivity index (χ0) is 15.4. The van der Waals surface area contributed by atoms with Crippen molar-refractivity contribution in [3.8, 4) is 5.75 Å². The number of anilines is 1. The number of phenolic OH excluding ortho intramolecular Hbond substituents is 1. The van der Waals surface area contributed by atoms with Crippen LogP contribution >= 0.6 is 11.8 Å². The SMILES string of the molecule is CSc1ccccc1C(=O)Nc1ccc(O)cc1C(=O)O. The van der Waals surface area contributed by atoms with E-state index in [2.05, 4.69) is 5.32 Å². The van der Waals surface area contributed by atoms with Crippen molar-refractivity contribution < 1.29 is 19.8 Å². The minimum Gasteiger partial charge on any atom is -0.508 e. The highest BCUT2D eigenvalue weighted by atomic mass is 32.2. The number of rotatable bonds is 4. The van der Waals surface area contributed by atoms with E-state index < -0.39 is 11.9 Å². The minimum atomic E-state index is -1.22. The molecule has 0 radical (unpaired) electrons. The largest absolute Gasteiger partial charge is 0.508 e. The van der Waals surface area contributed by atoms with Crippen molar-refractivity contribution in [2.24, 2.45) is 0 Å². The standard InChI is InChI=1S/C15H13NO4S/c1-21-13-5-3-2-4-10(13)14(18)16-12-7-6-9(17)8-11(12)15(19)20/h2-8,17H,1H3,(H,16,18)(H,19,20). The predicted octanol–water partition coefficient (Wildman–Crippen LogP) is 3.06. The van der Waals surface area contributed by atoms with Crippen LogP contribution in [-0.2, 0) is 0 Å². The predicted molar refractivity (Wildman–Crippen MR) is 81.2 cm³/mol. The number of carbonyl (C=O) groups is 2. The molecule has 0 bridgehead atoms. The maximum Gasteiger partial charge on any atom is 0.337 e. The Morgan fingerprint density at radius 2 is 1.81 bits per heavy atom. The number of carboxylic acid groups (broad SMARTS) is 1. The molecule has 0 heterocycles. The fraction of sp³-hybridized carbons (Fsp3) is 0.0667. The molecule has 5 nitrogen and oxygen atoms in total. The van der Waals surface area contributed by atoms with Gasteiger partial charge in [-0.15, -0.1) is 11.8 Å². The summed E-state index contributed by atoms with van der Waals surface area (Å²) in [5.41, 5.74) is 0.445.